The highest BCUT2D eigenvalue weighted by Crippen LogP contribution is 2.24. The number of hydrogen-bond acceptors (Lipinski definition) is 4. The van der Waals surface area contributed by atoms with Crippen LogP contribution in [0.15, 0.2) is 20.0 Å². The molecule has 0 aromatic heterocycles. The summed E-state index contributed by atoms with van der Waals surface area (Å²) in [6.07, 6.45) is 15.4. The lowest BCUT2D eigenvalue weighted by atomic mass is 9.92. The summed E-state index contributed by atoms with van der Waals surface area (Å²) in [5.74, 6) is 1.40. The highest BCUT2D eigenvalue weighted by molar-refractivity contribution is 5.97. The fourth-order valence-electron chi connectivity index (χ4n) is 4.92. The molecule has 10 N–H and O–H groups in total. The number of aliphatic imine (C=N–C) groups is 4. The molecule has 0 spiro atoms. The van der Waals surface area contributed by atoms with Gasteiger partial charge in [-0.2, -0.15) is 0 Å². The van der Waals surface area contributed by atoms with Crippen LogP contribution in [0.2, 0.25) is 0 Å². The molecule has 10 nitrogen and oxygen atoms in total. The minimum atomic E-state index is 0.156. The van der Waals surface area contributed by atoms with Gasteiger partial charge < -0.3 is 22.9 Å². The predicted molar refractivity (Wildman–Crippen MR) is 133 cm³/mol. The molecule has 3 aliphatic carbocycles. The molecule has 32 heavy (non-hydrogen) atoms. The van der Waals surface area contributed by atoms with Crippen LogP contribution in [0.5, 0.6) is 0 Å². The highest BCUT2D eigenvalue weighted by atomic mass is 15.2. The largest absolute Gasteiger partial charge is 0.370 e. The first-order valence-corrected chi connectivity index (χ1v) is 12.3. The zero-order valence-electron chi connectivity index (χ0n) is 19.3. The molecule has 0 radical (unpaired) electrons. The zero-order chi connectivity index (χ0) is 22.8. The van der Waals surface area contributed by atoms with E-state index in [9.17, 15) is 0 Å². The molecule has 3 aliphatic rings. The van der Waals surface area contributed by atoms with Crippen molar-refractivity contribution in [3.8, 4) is 0 Å². The fourth-order valence-corrected chi connectivity index (χ4v) is 4.92. The molecular formula is C22H42N10. The summed E-state index contributed by atoms with van der Waals surface area (Å²) in [7, 11) is 0. The molecule has 10 heteroatoms. The Morgan fingerprint density at radius 1 is 0.406 bits per heavy atom. The zero-order valence-corrected chi connectivity index (χ0v) is 19.3. The lowest BCUT2D eigenvalue weighted by molar-refractivity contribution is 0.396. The first-order chi connectivity index (χ1) is 15.5. The average molecular weight is 447 g/mol. The van der Waals surface area contributed by atoms with Gasteiger partial charge in [0.15, 0.2) is 23.8 Å². The molecule has 3 fully saturated rings. The van der Waals surface area contributed by atoms with Crippen LogP contribution in [0.1, 0.15) is 89.9 Å². The minimum Gasteiger partial charge on any atom is -0.370 e. The molecule has 3 saturated carbocycles. The third-order valence-corrected chi connectivity index (χ3v) is 6.61. The quantitative estimate of drug-likeness (QED) is 0.281. The molecule has 0 aliphatic heterocycles. The lowest BCUT2D eigenvalue weighted by Gasteiger charge is -2.24. The van der Waals surface area contributed by atoms with E-state index in [2.05, 4.69) is 30.6 Å². The van der Waals surface area contributed by atoms with Gasteiger partial charge >= 0.3 is 0 Å². The van der Waals surface area contributed by atoms with Crippen LogP contribution >= 0.6 is 0 Å². The maximum Gasteiger partial charge on any atom is 0.195 e. The molecule has 0 unspecified atom stereocenters. The third-order valence-electron chi connectivity index (χ3n) is 6.61. The van der Waals surface area contributed by atoms with E-state index in [0.29, 0.717) is 35.9 Å². The highest BCUT2D eigenvalue weighted by Gasteiger charge is 2.21. The van der Waals surface area contributed by atoms with E-state index in [4.69, 9.17) is 22.9 Å². The van der Waals surface area contributed by atoms with Crippen molar-refractivity contribution in [1.29, 1.82) is 0 Å². The first kappa shape index (κ1) is 24.1. The van der Waals surface area contributed by atoms with E-state index < -0.39 is 0 Å². The van der Waals surface area contributed by atoms with Crippen molar-refractivity contribution in [2.24, 2.45) is 42.9 Å². The Hall–Kier alpha value is -2.52. The summed E-state index contributed by atoms with van der Waals surface area (Å²) in [5.41, 5.74) is 24.1. The first-order valence-electron chi connectivity index (χ1n) is 12.3. The van der Waals surface area contributed by atoms with Crippen LogP contribution in [-0.4, -0.2) is 48.0 Å². The molecule has 0 amide bonds. The standard InChI is InChI=1S/C22H42N10/c23-19(27-15-7-3-1-4-8-15)31-21(25)29-17-11-13-18(14-12-17)30-22(26)32-20(24)28-16-9-5-2-6-10-16/h15-18H,1-14H2,(H5,23,25,27,29,31)(H5,24,26,28,30,32). The second-order valence-electron chi connectivity index (χ2n) is 9.35. The molecule has 180 valence electrons. The summed E-state index contributed by atoms with van der Waals surface area (Å²) >= 11 is 0. The summed E-state index contributed by atoms with van der Waals surface area (Å²) in [4.78, 5) is 18.2. The maximum atomic E-state index is 6.05. The van der Waals surface area contributed by atoms with Crippen molar-refractivity contribution < 1.29 is 0 Å². The smallest absolute Gasteiger partial charge is 0.195 e. The van der Waals surface area contributed by atoms with Crippen molar-refractivity contribution in [2.75, 3.05) is 0 Å². The Bertz CT molecular complexity index is 634. The second kappa shape index (κ2) is 12.5. The molecule has 0 aromatic rings. The Balaban J connectivity index is 1.40. The van der Waals surface area contributed by atoms with Gasteiger partial charge in [0, 0.05) is 0 Å². The van der Waals surface area contributed by atoms with Gasteiger partial charge in [-0.25, -0.2) is 20.0 Å². The van der Waals surface area contributed by atoms with Crippen molar-refractivity contribution >= 4 is 23.8 Å². The molecular weight excluding hydrogens is 404 g/mol. The average Bonchev–Trinajstić information content (AvgIpc) is 2.76. The van der Waals surface area contributed by atoms with Gasteiger partial charge in [0.2, 0.25) is 0 Å². The van der Waals surface area contributed by atoms with Gasteiger partial charge in [0.1, 0.15) is 0 Å². The Morgan fingerprint density at radius 2 is 0.656 bits per heavy atom. The third kappa shape index (κ3) is 8.55. The van der Waals surface area contributed by atoms with Gasteiger partial charge in [0.05, 0.1) is 24.2 Å². The normalized spacial score (nSPS) is 27.9. The summed E-state index contributed by atoms with van der Waals surface area (Å²) in [5, 5.41) is 5.89. The van der Waals surface area contributed by atoms with Crippen LogP contribution in [0.25, 0.3) is 0 Å². The molecule has 0 aromatic carbocycles. The SMILES string of the molecule is NC(=NC1CCCCC1)NC(N)=NC1CCC(N=C(N)NC(N)=NC2CCCCC2)CC1. The minimum absolute atomic E-state index is 0.156. The number of rotatable bonds is 4. The van der Waals surface area contributed by atoms with Crippen LogP contribution in [0, 0.1) is 0 Å². The van der Waals surface area contributed by atoms with E-state index in [1.807, 2.05) is 0 Å². The second-order valence-corrected chi connectivity index (χ2v) is 9.35. The van der Waals surface area contributed by atoms with E-state index in [1.54, 1.807) is 0 Å². The molecule has 3 rings (SSSR count). The van der Waals surface area contributed by atoms with Crippen molar-refractivity contribution in [3.05, 3.63) is 0 Å². The Morgan fingerprint density at radius 3 is 0.938 bits per heavy atom. The van der Waals surface area contributed by atoms with E-state index >= 15 is 0 Å². The number of nitrogens with two attached hydrogens (primary N) is 4. The molecule has 0 heterocycles. The van der Waals surface area contributed by atoms with Crippen molar-refractivity contribution in [3.63, 3.8) is 0 Å². The Labute approximate surface area is 191 Å². The van der Waals surface area contributed by atoms with E-state index in [-0.39, 0.29) is 12.1 Å². The van der Waals surface area contributed by atoms with Crippen LogP contribution in [0.3, 0.4) is 0 Å². The number of nitrogens with zero attached hydrogens (tertiary/aromatic N) is 4. The summed E-state index contributed by atoms with van der Waals surface area (Å²) < 4.78 is 0. The maximum absolute atomic E-state index is 6.05. The van der Waals surface area contributed by atoms with E-state index in [0.717, 1.165) is 51.4 Å². The topological polar surface area (TPSA) is 178 Å². The predicted octanol–water partition coefficient (Wildman–Crippen LogP) is 1.40. The van der Waals surface area contributed by atoms with Gasteiger partial charge in [-0.05, 0) is 51.4 Å². The van der Waals surface area contributed by atoms with Gasteiger partial charge in [-0.1, -0.05) is 38.5 Å². The van der Waals surface area contributed by atoms with Gasteiger partial charge in [0.25, 0.3) is 0 Å². The van der Waals surface area contributed by atoms with Crippen molar-refractivity contribution in [2.45, 2.75) is 114 Å². The van der Waals surface area contributed by atoms with Gasteiger partial charge in [-0.15, -0.1) is 0 Å². The van der Waals surface area contributed by atoms with Crippen LogP contribution in [-0.2, 0) is 0 Å². The Kier molecular flexibility index (Phi) is 9.43. The number of guanidine groups is 4. The monoisotopic (exact) mass is 446 g/mol. The van der Waals surface area contributed by atoms with Crippen molar-refractivity contribution in [1.82, 2.24) is 10.6 Å². The summed E-state index contributed by atoms with van der Waals surface area (Å²) in [6.45, 7) is 0. The fraction of sp³-hybridized carbons (Fsp3) is 0.818. The molecule has 0 saturated heterocycles. The lowest BCUT2D eigenvalue weighted by Crippen LogP contribution is -2.44. The van der Waals surface area contributed by atoms with E-state index in [1.165, 1.54) is 38.5 Å². The summed E-state index contributed by atoms with van der Waals surface area (Å²) in [6, 6.07) is 0.920. The number of nitrogens with one attached hydrogen (secondary N) is 2. The van der Waals surface area contributed by atoms with Crippen LogP contribution < -0.4 is 33.6 Å². The molecule has 0 bridgehead atoms. The number of hydrogen-bond donors (Lipinski definition) is 6. The van der Waals surface area contributed by atoms with Crippen LogP contribution in [0.4, 0.5) is 0 Å². The van der Waals surface area contributed by atoms with Gasteiger partial charge in [-0.3, -0.25) is 10.6 Å². The molecule has 0 atom stereocenters.